The Morgan fingerprint density at radius 3 is 3.00 bits per heavy atom. The number of imidazole rings is 1. The summed E-state index contributed by atoms with van der Waals surface area (Å²) in [5.74, 6) is 0.923. The van der Waals surface area contributed by atoms with Crippen LogP contribution in [-0.4, -0.2) is 16.2 Å². The van der Waals surface area contributed by atoms with Crippen LogP contribution in [0, 0.1) is 0 Å². The first-order valence-corrected chi connectivity index (χ1v) is 6.11. The molecule has 1 aromatic carbocycles. The van der Waals surface area contributed by atoms with Gasteiger partial charge in [-0.05, 0) is 18.6 Å². The van der Waals surface area contributed by atoms with Crippen LogP contribution in [0.25, 0.3) is 5.69 Å². The van der Waals surface area contributed by atoms with Crippen molar-refractivity contribution in [2.45, 2.75) is 26.2 Å². The Labute approximate surface area is 102 Å². The number of hydrogen-bond donors (Lipinski definition) is 0. The third-order valence-electron chi connectivity index (χ3n) is 2.64. The average Bonchev–Trinajstić information content (AvgIpc) is 2.89. The number of aromatic nitrogens is 2. The molecule has 2 rings (SSSR count). The van der Waals surface area contributed by atoms with Gasteiger partial charge in [-0.2, -0.15) is 0 Å². The van der Waals surface area contributed by atoms with E-state index in [0.717, 1.165) is 24.5 Å². The minimum atomic E-state index is 0.793. The van der Waals surface area contributed by atoms with Gasteiger partial charge < -0.3 is 9.30 Å². The molecule has 3 heteroatoms. The molecular weight excluding hydrogens is 212 g/mol. The summed E-state index contributed by atoms with van der Waals surface area (Å²) in [4.78, 5) is 4.04. The zero-order chi connectivity index (χ0) is 11.9. The van der Waals surface area contributed by atoms with Crippen LogP contribution < -0.4 is 4.74 Å². The first kappa shape index (κ1) is 11.7. The zero-order valence-corrected chi connectivity index (χ0v) is 10.2. The maximum Gasteiger partial charge on any atom is 0.121 e. The lowest BCUT2D eigenvalue weighted by Crippen LogP contribution is -1.98. The second-order valence-corrected chi connectivity index (χ2v) is 4.02. The summed E-state index contributed by atoms with van der Waals surface area (Å²) < 4.78 is 7.68. The molecule has 1 aromatic heterocycles. The van der Waals surface area contributed by atoms with E-state index in [4.69, 9.17) is 4.74 Å². The van der Waals surface area contributed by atoms with E-state index in [0.29, 0.717) is 0 Å². The molecule has 0 radical (unpaired) electrons. The van der Waals surface area contributed by atoms with E-state index in [1.165, 1.54) is 12.8 Å². The van der Waals surface area contributed by atoms with Gasteiger partial charge in [0.25, 0.3) is 0 Å². The molecule has 3 nitrogen and oxygen atoms in total. The van der Waals surface area contributed by atoms with Gasteiger partial charge in [0.2, 0.25) is 0 Å². The summed E-state index contributed by atoms with van der Waals surface area (Å²) in [5.41, 5.74) is 1.08. The fraction of sp³-hybridized carbons (Fsp3) is 0.357. The van der Waals surface area contributed by atoms with E-state index in [2.05, 4.69) is 11.9 Å². The molecule has 0 aliphatic rings. The van der Waals surface area contributed by atoms with Crippen molar-refractivity contribution < 1.29 is 4.74 Å². The van der Waals surface area contributed by atoms with E-state index in [1.54, 1.807) is 12.5 Å². The van der Waals surface area contributed by atoms with Crippen LogP contribution in [0.4, 0.5) is 0 Å². The zero-order valence-electron chi connectivity index (χ0n) is 10.2. The predicted octanol–water partition coefficient (Wildman–Crippen LogP) is 3.44. The Balaban J connectivity index is 1.97. The lowest BCUT2D eigenvalue weighted by molar-refractivity contribution is 0.306. The highest BCUT2D eigenvalue weighted by Gasteiger charge is 1.98. The molecule has 0 spiro atoms. The number of unbranched alkanes of at least 4 members (excludes halogenated alkanes) is 2. The van der Waals surface area contributed by atoms with Crippen LogP contribution in [0.3, 0.4) is 0 Å². The van der Waals surface area contributed by atoms with Crippen LogP contribution in [0.2, 0.25) is 0 Å². The molecule has 0 saturated carbocycles. The Morgan fingerprint density at radius 1 is 1.29 bits per heavy atom. The molecule has 90 valence electrons. The van der Waals surface area contributed by atoms with Crippen LogP contribution in [0.1, 0.15) is 26.2 Å². The van der Waals surface area contributed by atoms with Crippen molar-refractivity contribution in [2.24, 2.45) is 0 Å². The molecule has 0 unspecified atom stereocenters. The van der Waals surface area contributed by atoms with Gasteiger partial charge >= 0.3 is 0 Å². The quantitative estimate of drug-likeness (QED) is 0.711. The molecule has 0 saturated heterocycles. The number of rotatable bonds is 6. The van der Waals surface area contributed by atoms with E-state index in [1.807, 2.05) is 35.0 Å². The van der Waals surface area contributed by atoms with Gasteiger partial charge in [-0.25, -0.2) is 4.98 Å². The smallest absolute Gasteiger partial charge is 0.121 e. The lowest BCUT2D eigenvalue weighted by Gasteiger charge is -2.08. The molecule has 0 N–H and O–H groups in total. The van der Waals surface area contributed by atoms with E-state index in [-0.39, 0.29) is 0 Å². The highest BCUT2D eigenvalue weighted by atomic mass is 16.5. The van der Waals surface area contributed by atoms with Gasteiger partial charge in [0.15, 0.2) is 0 Å². The number of benzene rings is 1. The Bertz CT molecular complexity index is 437. The van der Waals surface area contributed by atoms with E-state index >= 15 is 0 Å². The number of ether oxygens (including phenoxy) is 1. The van der Waals surface area contributed by atoms with E-state index < -0.39 is 0 Å². The minimum absolute atomic E-state index is 0.793. The molecule has 0 fully saturated rings. The van der Waals surface area contributed by atoms with Crippen molar-refractivity contribution in [1.82, 2.24) is 9.55 Å². The van der Waals surface area contributed by atoms with Crippen molar-refractivity contribution in [2.75, 3.05) is 6.61 Å². The van der Waals surface area contributed by atoms with Crippen molar-refractivity contribution in [3.63, 3.8) is 0 Å². The molecule has 17 heavy (non-hydrogen) atoms. The largest absolute Gasteiger partial charge is 0.494 e. The highest BCUT2D eigenvalue weighted by molar-refractivity contribution is 5.39. The Hall–Kier alpha value is -1.77. The summed E-state index contributed by atoms with van der Waals surface area (Å²) in [6, 6.07) is 8.07. The van der Waals surface area contributed by atoms with Crippen molar-refractivity contribution in [3.05, 3.63) is 43.0 Å². The number of hydrogen-bond acceptors (Lipinski definition) is 2. The van der Waals surface area contributed by atoms with Crippen LogP contribution in [0.5, 0.6) is 5.75 Å². The molecule has 1 heterocycles. The maximum atomic E-state index is 5.71. The van der Waals surface area contributed by atoms with Crippen LogP contribution in [-0.2, 0) is 0 Å². The van der Waals surface area contributed by atoms with Crippen molar-refractivity contribution in [1.29, 1.82) is 0 Å². The van der Waals surface area contributed by atoms with Gasteiger partial charge in [0.05, 0.1) is 18.6 Å². The molecule has 0 aliphatic carbocycles. The second kappa shape index (κ2) is 6.09. The van der Waals surface area contributed by atoms with Gasteiger partial charge in [-0.1, -0.05) is 25.8 Å². The molecule has 0 aliphatic heterocycles. The minimum Gasteiger partial charge on any atom is -0.494 e. The van der Waals surface area contributed by atoms with Crippen molar-refractivity contribution >= 4 is 0 Å². The SMILES string of the molecule is CCCCCOc1cccc(-n2ccnc2)c1. The van der Waals surface area contributed by atoms with Gasteiger partial charge in [0, 0.05) is 18.5 Å². The first-order valence-electron chi connectivity index (χ1n) is 6.11. The molecule has 0 amide bonds. The van der Waals surface area contributed by atoms with Crippen LogP contribution in [0.15, 0.2) is 43.0 Å². The third-order valence-corrected chi connectivity index (χ3v) is 2.64. The summed E-state index contributed by atoms with van der Waals surface area (Å²) in [5, 5.41) is 0. The average molecular weight is 230 g/mol. The summed E-state index contributed by atoms with van der Waals surface area (Å²) in [6.07, 6.45) is 9.05. The normalized spacial score (nSPS) is 10.4. The first-order chi connectivity index (χ1) is 8.40. The molecular formula is C14H18N2O. The number of nitrogens with zero attached hydrogens (tertiary/aromatic N) is 2. The highest BCUT2D eigenvalue weighted by Crippen LogP contribution is 2.16. The molecule has 0 bridgehead atoms. The third kappa shape index (κ3) is 3.34. The fourth-order valence-electron chi connectivity index (χ4n) is 1.69. The maximum absolute atomic E-state index is 5.71. The Morgan fingerprint density at radius 2 is 2.24 bits per heavy atom. The van der Waals surface area contributed by atoms with Crippen molar-refractivity contribution in [3.8, 4) is 11.4 Å². The predicted molar refractivity (Wildman–Crippen MR) is 68.6 cm³/mol. The topological polar surface area (TPSA) is 27.1 Å². The Kier molecular flexibility index (Phi) is 4.19. The summed E-state index contributed by atoms with van der Waals surface area (Å²) in [7, 11) is 0. The summed E-state index contributed by atoms with van der Waals surface area (Å²) >= 11 is 0. The van der Waals surface area contributed by atoms with E-state index in [9.17, 15) is 0 Å². The second-order valence-electron chi connectivity index (χ2n) is 4.02. The van der Waals surface area contributed by atoms with Gasteiger partial charge in [0.1, 0.15) is 5.75 Å². The lowest BCUT2D eigenvalue weighted by atomic mass is 10.2. The van der Waals surface area contributed by atoms with Gasteiger partial charge in [-0.3, -0.25) is 0 Å². The standard InChI is InChI=1S/C14H18N2O/c1-2-3-4-10-17-14-7-5-6-13(11-14)16-9-8-15-12-16/h5-9,11-12H,2-4,10H2,1H3. The monoisotopic (exact) mass is 230 g/mol. The fourth-order valence-corrected chi connectivity index (χ4v) is 1.69. The van der Waals surface area contributed by atoms with Gasteiger partial charge in [-0.15, -0.1) is 0 Å². The molecule has 2 aromatic rings. The summed E-state index contributed by atoms with van der Waals surface area (Å²) in [6.45, 7) is 2.99. The van der Waals surface area contributed by atoms with Crippen LogP contribution >= 0.6 is 0 Å². The molecule has 0 atom stereocenters.